The first kappa shape index (κ1) is 41.8. The fraction of sp³-hybridized carbons (Fsp3) is 0.395. The molecule has 4 aromatic rings. The second kappa shape index (κ2) is 18.3. The summed E-state index contributed by atoms with van der Waals surface area (Å²) in [5, 5.41) is 6.95. The lowest BCUT2D eigenvalue weighted by molar-refractivity contribution is -0.137. The van der Waals surface area contributed by atoms with Crippen LogP contribution in [0.15, 0.2) is 66.9 Å². The van der Waals surface area contributed by atoms with Gasteiger partial charge in [-0.05, 0) is 43.5 Å². The van der Waals surface area contributed by atoms with Gasteiger partial charge in [0.05, 0.1) is 37.5 Å². The molecular formula is C43H49ClN7O7P. The molecule has 4 heterocycles. The van der Waals surface area contributed by atoms with Crippen molar-refractivity contribution in [3.63, 3.8) is 0 Å². The van der Waals surface area contributed by atoms with Crippen molar-refractivity contribution in [1.82, 2.24) is 25.1 Å². The molecule has 7 rings (SSSR count). The van der Waals surface area contributed by atoms with E-state index in [0.717, 1.165) is 39.1 Å². The minimum absolute atomic E-state index is 0.0442. The van der Waals surface area contributed by atoms with Crippen LogP contribution in [0.2, 0.25) is 5.02 Å². The maximum absolute atomic E-state index is 13.1. The Kier molecular flexibility index (Phi) is 13.0. The molecule has 3 aromatic carbocycles. The molecule has 3 aliphatic heterocycles. The van der Waals surface area contributed by atoms with E-state index in [9.17, 15) is 23.7 Å². The third kappa shape index (κ3) is 9.78. The summed E-state index contributed by atoms with van der Waals surface area (Å²) in [5.74, 6) is 0.395. The lowest BCUT2D eigenvalue weighted by Gasteiger charge is -2.36. The third-order valence-corrected chi connectivity index (χ3v) is 12.9. The summed E-state index contributed by atoms with van der Waals surface area (Å²) in [5.41, 5.74) is 5.70. The zero-order valence-electron chi connectivity index (χ0n) is 33.5. The van der Waals surface area contributed by atoms with E-state index in [4.69, 9.17) is 26.1 Å². The highest BCUT2D eigenvalue weighted by atomic mass is 35.5. The van der Waals surface area contributed by atoms with E-state index in [0.29, 0.717) is 87.3 Å². The number of hydrogen-bond acceptors (Lipinski definition) is 11. The molecule has 4 amide bonds. The number of imide groups is 1. The molecule has 0 bridgehead atoms. The van der Waals surface area contributed by atoms with Crippen LogP contribution in [-0.2, 0) is 43.1 Å². The molecule has 14 nitrogen and oxygen atoms in total. The standard InChI is InChI=1S/C43H49ClN7O7P/c1-57-37-25-30(12-11-28(37)24-39-46-26-33(44)35(47-39)23-29-7-4-5-10-38(29)59(2,3)56)49-17-19-50(20-18-49)41(53)15-21-58-22-16-45-34-9-6-8-31-32(34)27-51(43(31)55)36-13-14-40(52)48-42(36)54/h4-12,25-26,36,45H,13-24,27H2,1-3H3,(H,48,52,54). The van der Waals surface area contributed by atoms with Crippen LogP contribution < -0.4 is 25.6 Å². The molecule has 59 heavy (non-hydrogen) atoms. The Morgan fingerprint density at radius 3 is 2.54 bits per heavy atom. The van der Waals surface area contributed by atoms with Gasteiger partial charge in [0.2, 0.25) is 17.7 Å². The molecule has 1 unspecified atom stereocenters. The smallest absolute Gasteiger partial charge is 0.255 e. The molecule has 0 saturated carbocycles. The van der Waals surface area contributed by atoms with Crippen LogP contribution in [0.25, 0.3) is 0 Å². The van der Waals surface area contributed by atoms with Crippen LogP contribution in [0, 0.1) is 0 Å². The quantitative estimate of drug-likeness (QED) is 0.0985. The maximum atomic E-state index is 13.1. The average molecular weight is 842 g/mol. The number of amides is 4. The molecule has 16 heteroatoms. The van der Waals surface area contributed by atoms with Crippen molar-refractivity contribution in [2.75, 3.05) is 76.6 Å². The topological polar surface area (TPSA) is 163 Å². The number of fused-ring (bicyclic) bond motifs is 1. The molecular weight excluding hydrogens is 793 g/mol. The molecule has 2 saturated heterocycles. The first-order valence-corrected chi connectivity index (χ1v) is 22.8. The van der Waals surface area contributed by atoms with Crippen LogP contribution in [0.4, 0.5) is 11.4 Å². The van der Waals surface area contributed by atoms with E-state index in [1.807, 2.05) is 47.4 Å². The maximum Gasteiger partial charge on any atom is 0.255 e. The Labute approximate surface area is 349 Å². The van der Waals surface area contributed by atoms with E-state index in [1.54, 1.807) is 38.8 Å². The first-order valence-electron chi connectivity index (χ1n) is 19.8. The molecule has 2 N–H and O–H groups in total. The summed E-state index contributed by atoms with van der Waals surface area (Å²) in [4.78, 5) is 65.1. The molecule has 2 fully saturated rings. The Balaban J connectivity index is 0.852. The summed E-state index contributed by atoms with van der Waals surface area (Å²) in [7, 11) is -0.846. The summed E-state index contributed by atoms with van der Waals surface area (Å²) >= 11 is 6.54. The van der Waals surface area contributed by atoms with E-state index >= 15 is 0 Å². The van der Waals surface area contributed by atoms with Crippen molar-refractivity contribution < 1.29 is 33.2 Å². The molecule has 0 radical (unpaired) electrons. The van der Waals surface area contributed by atoms with Crippen molar-refractivity contribution in [2.45, 2.75) is 44.7 Å². The number of methoxy groups -OCH3 is 1. The molecule has 1 atom stereocenters. The van der Waals surface area contributed by atoms with Gasteiger partial charge in [0, 0.05) is 104 Å². The summed E-state index contributed by atoms with van der Waals surface area (Å²) in [6.07, 6.45) is 3.30. The zero-order chi connectivity index (χ0) is 41.7. The van der Waals surface area contributed by atoms with Gasteiger partial charge >= 0.3 is 0 Å². The number of benzene rings is 3. The van der Waals surface area contributed by atoms with E-state index in [1.165, 1.54) is 4.90 Å². The van der Waals surface area contributed by atoms with Gasteiger partial charge in [-0.1, -0.05) is 48.0 Å². The van der Waals surface area contributed by atoms with Gasteiger partial charge in [0.15, 0.2) is 0 Å². The van der Waals surface area contributed by atoms with Crippen LogP contribution in [0.5, 0.6) is 5.75 Å². The van der Waals surface area contributed by atoms with E-state index in [-0.39, 0.29) is 37.1 Å². The second-order valence-electron chi connectivity index (χ2n) is 15.3. The van der Waals surface area contributed by atoms with Crippen molar-refractivity contribution in [3.05, 3.63) is 106 Å². The minimum atomic E-state index is -2.49. The monoisotopic (exact) mass is 841 g/mol. The third-order valence-electron chi connectivity index (χ3n) is 11.0. The Bertz CT molecular complexity index is 2290. The fourth-order valence-corrected chi connectivity index (χ4v) is 9.36. The number of nitrogens with one attached hydrogen (secondary N) is 2. The highest BCUT2D eigenvalue weighted by molar-refractivity contribution is 7.70. The van der Waals surface area contributed by atoms with Crippen LogP contribution in [0.3, 0.4) is 0 Å². The summed E-state index contributed by atoms with van der Waals surface area (Å²) in [6.45, 7) is 7.49. The van der Waals surface area contributed by atoms with Gasteiger partial charge in [-0.25, -0.2) is 9.97 Å². The van der Waals surface area contributed by atoms with Crippen molar-refractivity contribution in [1.29, 1.82) is 0 Å². The lowest BCUT2D eigenvalue weighted by Crippen LogP contribution is -2.52. The highest BCUT2D eigenvalue weighted by Gasteiger charge is 2.40. The minimum Gasteiger partial charge on any atom is -0.496 e. The Hall–Kier alpha value is -5.30. The summed E-state index contributed by atoms with van der Waals surface area (Å²) in [6, 6.07) is 18.6. The van der Waals surface area contributed by atoms with Crippen molar-refractivity contribution >= 4 is 59.1 Å². The summed E-state index contributed by atoms with van der Waals surface area (Å²) < 4.78 is 24.5. The molecule has 0 spiro atoms. The largest absolute Gasteiger partial charge is 0.496 e. The number of ether oxygens (including phenoxy) is 2. The first-order chi connectivity index (χ1) is 28.4. The number of anilines is 2. The van der Waals surface area contributed by atoms with Gasteiger partial charge in [-0.15, -0.1) is 0 Å². The number of aromatic nitrogens is 2. The highest BCUT2D eigenvalue weighted by Crippen LogP contribution is 2.37. The molecule has 1 aromatic heterocycles. The van der Waals surface area contributed by atoms with Crippen LogP contribution >= 0.6 is 18.7 Å². The van der Waals surface area contributed by atoms with Crippen molar-refractivity contribution in [2.24, 2.45) is 0 Å². The average Bonchev–Trinajstić information content (AvgIpc) is 3.56. The normalized spacial score (nSPS) is 16.9. The lowest BCUT2D eigenvalue weighted by atomic mass is 10.0. The Morgan fingerprint density at radius 2 is 1.78 bits per heavy atom. The number of rotatable bonds is 15. The Morgan fingerprint density at radius 1 is 0.983 bits per heavy atom. The van der Waals surface area contributed by atoms with Gasteiger partial charge in [-0.3, -0.25) is 24.5 Å². The number of piperidine rings is 1. The predicted octanol–water partition coefficient (Wildman–Crippen LogP) is 4.50. The van der Waals surface area contributed by atoms with Gasteiger partial charge < -0.3 is 34.1 Å². The van der Waals surface area contributed by atoms with Gasteiger partial charge in [0.25, 0.3) is 5.91 Å². The van der Waals surface area contributed by atoms with E-state index in [2.05, 4.69) is 26.6 Å². The van der Waals surface area contributed by atoms with Crippen molar-refractivity contribution in [3.8, 4) is 5.75 Å². The van der Waals surface area contributed by atoms with Crippen LogP contribution in [-0.4, -0.2) is 116 Å². The van der Waals surface area contributed by atoms with Crippen LogP contribution in [0.1, 0.15) is 57.8 Å². The molecule has 0 aliphatic carbocycles. The fourth-order valence-electron chi connectivity index (χ4n) is 7.91. The second-order valence-corrected chi connectivity index (χ2v) is 18.9. The number of carbonyl (C=O) groups excluding carboxylic acids is 4. The number of carbonyl (C=O) groups is 4. The predicted molar refractivity (Wildman–Crippen MR) is 226 cm³/mol. The zero-order valence-corrected chi connectivity index (χ0v) is 35.2. The van der Waals surface area contributed by atoms with Gasteiger partial charge in [0.1, 0.15) is 24.8 Å². The molecule has 3 aliphatic rings. The SMILES string of the molecule is COc1cc(N2CCN(C(=O)CCOCCNc3cccc4c3CN(C3CCC(=O)NC3=O)C4=O)CC2)ccc1Cc1ncc(Cl)c(Cc2ccccc2P(C)(C)=O)n1. The van der Waals surface area contributed by atoms with Gasteiger partial charge in [-0.2, -0.15) is 0 Å². The number of nitrogens with zero attached hydrogens (tertiary/aromatic N) is 5. The molecule has 310 valence electrons. The number of piperazine rings is 1. The van der Waals surface area contributed by atoms with E-state index < -0.39 is 19.1 Å². The number of hydrogen-bond donors (Lipinski definition) is 2. The number of halogens is 1.